The van der Waals surface area contributed by atoms with Gasteiger partial charge >= 0.3 is 6.18 Å². The first kappa shape index (κ1) is 16.7. The zero-order valence-corrected chi connectivity index (χ0v) is 12.1. The first-order valence-electron chi connectivity index (χ1n) is 6.82. The van der Waals surface area contributed by atoms with Crippen molar-refractivity contribution in [1.82, 2.24) is 9.80 Å². The van der Waals surface area contributed by atoms with Crippen LogP contribution in [0.15, 0.2) is 12.1 Å². The van der Waals surface area contributed by atoms with Gasteiger partial charge in [-0.05, 0) is 24.7 Å². The highest BCUT2D eigenvalue weighted by Crippen LogP contribution is 2.35. The normalized spacial score (nSPS) is 17.5. The number of hydrogen-bond acceptors (Lipinski definition) is 3. The van der Waals surface area contributed by atoms with Crippen molar-refractivity contribution in [3.63, 3.8) is 0 Å². The van der Waals surface area contributed by atoms with Crippen LogP contribution in [0.2, 0.25) is 0 Å². The maximum atomic E-state index is 13.8. The second kappa shape index (κ2) is 6.62. The number of halogens is 4. The summed E-state index contributed by atoms with van der Waals surface area (Å²) in [4.78, 5) is 14.3. The molecular weight excluding hydrogens is 302 g/mol. The molecule has 2 rings (SSSR count). The highest BCUT2D eigenvalue weighted by atomic mass is 19.4. The van der Waals surface area contributed by atoms with Gasteiger partial charge < -0.3 is 10.2 Å². The van der Waals surface area contributed by atoms with Gasteiger partial charge in [0.2, 0.25) is 6.41 Å². The van der Waals surface area contributed by atoms with E-state index in [1.807, 2.05) is 17.3 Å². The predicted molar refractivity (Wildman–Crippen MR) is 73.9 cm³/mol. The smallest absolute Gasteiger partial charge is 0.326 e. The Morgan fingerprint density at radius 3 is 2.41 bits per heavy atom. The molecule has 1 amide bonds. The number of alkyl halides is 3. The van der Waals surface area contributed by atoms with Gasteiger partial charge in [0.25, 0.3) is 0 Å². The van der Waals surface area contributed by atoms with Crippen molar-refractivity contribution < 1.29 is 22.4 Å². The third kappa shape index (κ3) is 3.95. The zero-order valence-electron chi connectivity index (χ0n) is 12.1. The van der Waals surface area contributed by atoms with E-state index >= 15 is 0 Å². The molecule has 1 aromatic carbocycles. The van der Waals surface area contributed by atoms with Gasteiger partial charge in [-0.2, -0.15) is 13.2 Å². The number of hydrogen-bond donors (Lipinski definition) is 1. The summed E-state index contributed by atoms with van der Waals surface area (Å²) in [5, 5.41) is 1.95. The molecule has 0 aliphatic carbocycles. The summed E-state index contributed by atoms with van der Waals surface area (Å²) in [7, 11) is 1.94. The molecule has 4 nitrogen and oxygen atoms in total. The van der Waals surface area contributed by atoms with Gasteiger partial charge in [-0.1, -0.05) is 0 Å². The van der Waals surface area contributed by atoms with Gasteiger partial charge in [-0.25, -0.2) is 4.39 Å². The van der Waals surface area contributed by atoms with E-state index in [1.54, 1.807) is 0 Å². The summed E-state index contributed by atoms with van der Waals surface area (Å²) in [5.74, 6) is -0.871. The second-order valence-electron chi connectivity index (χ2n) is 5.33. The third-order valence-electron chi connectivity index (χ3n) is 3.70. The Kier molecular flexibility index (Phi) is 5.02. The Morgan fingerprint density at radius 2 is 1.86 bits per heavy atom. The van der Waals surface area contributed by atoms with Crippen LogP contribution >= 0.6 is 0 Å². The summed E-state index contributed by atoms with van der Waals surface area (Å²) in [6, 6.07) is 1.50. The average Bonchev–Trinajstić information content (AvgIpc) is 2.43. The van der Waals surface area contributed by atoms with E-state index in [1.165, 1.54) is 0 Å². The number of carbonyl (C=O) groups is 1. The Hall–Kier alpha value is -1.67. The minimum Gasteiger partial charge on any atom is -0.326 e. The lowest BCUT2D eigenvalue weighted by molar-refractivity contribution is -0.138. The Balaban J connectivity index is 2.28. The molecular formula is C14H17F4N3O. The third-order valence-corrected chi connectivity index (χ3v) is 3.70. The number of anilines is 1. The van der Waals surface area contributed by atoms with E-state index in [2.05, 4.69) is 4.90 Å². The number of benzene rings is 1. The number of rotatable bonds is 4. The summed E-state index contributed by atoms with van der Waals surface area (Å²) in [6.45, 7) is 2.80. The highest BCUT2D eigenvalue weighted by Gasteiger charge is 2.35. The largest absolute Gasteiger partial charge is 0.416 e. The van der Waals surface area contributed by atoms with Gasteiger partial charge in [0.15, 0.2) is 0 Å². The topological polar surface area (TPSA) is 35.6 Å². The van der Waals surface area contributed by atoms with Crippen LogP contribution in [0.4, 0.5) is 23.2 Å². The Labute approximate surface area is 125 Å². The lowest BCUT2D eigenvalue weighted by Crippen LogP contribution is -2.44. The molecule has 1 aliphatic heterocycles. The number of piperazine rings is 1. The number of carbonyl (C=O) groups excluding carboxylic acids is 1. The molecule has 1 aromatic rings. The van der Waals surface area contributed by atoms with Crippen molar-refractivity contribution in [2.45, 2.75) is 12.7 Å². The van der Waals surface area contributed by atoms with E-state index in [-0.39, 0.29) is 18.5 Å². The van der Waals surface area contributed by atoms with Crippen LogP contribution in [-0.2, 0) is 17.5 Å². The molecule has 0 spiro atoms. The number of amides is 1. The quantitative estimate of drug-likeness (QED) is 0.682. The summed E-state index contributed by atoms with van der Waals surface area (Å²) >= 11 is 0. The molecule has 1 heterocycles. The maximum absolute atomic E-state index is 13.8. The van der Waals surface area contributed by atoms with Gasteiger partial charge in [0, 0.05) is 32.7 Å². The van der Waals surface area contributed by atoms with Crippen molar-refractivity contribution in [2.24, 2.45) is 0 Å². The highest BCUT2D eigenvalue weighted by molar-refractivity contribution is 5.72. The number of likely N-dealkylation sites (N-methyl/N-ethyl adjacent to an activating group) is 1. The van der Waals surface area contributed by atoms with E-state index in [9.17, 15) is 22.4 Å². The molecule has 1 N–H and O–H groups in total. The van der Waals surface area contributed by atoms with Crippen LogP contribution in [0.1, 0.15) is 11.1 Å². The average molecular weight is 319 g/mol. The van der Waals surface area contributed by atoms with E-state index in [0.29, 0.717) is 19.2 Å². The van der Waals surface area contributed by atoms with Gasteiger partial charge in [-0.3, -0.25) is 9.69 Å². The number of nitrogens with one attached hydrogen (secondary N) is 1. The van der Waals surface area contributed by atoms with Crippen LogP contribution < -0.4 is 5.32 Å². The van der Waals surface area contributed by atoms with Crippen LogP contribution in [0.25, 0.3) is 0 Å². The molecule has 0 atom stereocenters. The molecule has 8 heteroatoms. The minimum atomic E-state index is -4.60. The van der Waals surface area contributed by atoms with E-state index in [0.717, 1.165) is 19.2 Å². The first-order valence-corrected chi connectivity index (χ1v) is 6.82. The zero-order chi connectivity index (χ0) is 16.3. The standard InChI is InChI=1S/C14H17F4N3O/c1-20-2-4-21(5-3-20)8-10-6-12(15)13(19-9-22)7-11(10)14(16,17)18/h6-7,9H,2-5,8H2,1H3,(H,19,22). The lowest BCUT2D eigenvalue weighted by atomic mass is 10.0. The second-order valence-corrected chi connectivity index (χ2v) is 5.33. The number of nitrogens with zero attached hydrogens (tertiary/aromatic N) is 2. The maximum Gasteiger partial charge on any atom is 0.416 e. The van der Waals surface area contributed by atoms with Crippen molar-refractivity contribution in [3.8, 4) is 0 Å². The Bertz CT molecular complexity index is 540. The van der Waals surface area contributed by atoms with Crippen LogP contribution in [-0.4, -0.2) is 49.4 Å². The van der Waals surface area contributed by atoms with Gasteiger partial charge in [0.05, 0.1) is 11.3 Å². The van der Waals surface area contributed by atoms with Gasteiger partial charge in [0.1, 0.15) is 5.82 Å². The van der Waals surface area contributed by atoms with Crippen molar-refractivity contribution in [1.29, 1.82) is 0 Å². The van der Waals surface area contributed by atoms with E-state index < -0.39 is 23.2 Å². The molecule has 122 valence electrons. The fourth-order valence-electron chi connectivity index (χ4n) is 2.43. The summed E-state index contributed by atoms with van der Waals surface area (Å²) in [5.41, 5.74) is -1.51. The molecule has 1 aliphatic rings. The fourth-order valence-corrected chi connectivity index (χ4v) is 2.43. The molecule has 0 radical (unpaired) electrons. The van der Waals surface area contributed by atoms with Crippen LogP contribution in [0, 0.1) is 5.82 Å². The SMILES string of the molecule is CN1CCN(Cc2cc(F)c(NC=O)cc2C(F)(F)F)CC1. The predicted octanol–water partition coefficient (Wildman–Crippen LogP) is 2.16. The monoisotopic (exact) mass is 319 g/mol. The Morgan fingerprint density at radius 1 is 1.23 bits per heavy atom. The van der Waals surface area contributed by atoms with Crippen LogP contribution in [0.3, 0.4) is 0 Å². The first-order chi connectivity index (χ1) is 10.3. The molecule has 0 unspecified atom stereocenters. The van der Waals surface area contributed by atoms with E-state index in [4.69, 9.17) is 0 Å². The molecule has 1 fully saturated rings. The minimum absolute atomic E-state index is 0.0287. The molecule has 1 saturated heterocycles. The lowest BCUT2D eigenvalue weighted by Gasteiger charge is -2.33. The molecule has 0 aromatic heterocycles. The van der Waals surface area contributed by atoms with Gasteiger partial charge in [-0.15, -0.1) is 0 Å². The molecule has 22 heavy (non-hydrogen) atoms. The van der Waals surface area contributed by atoms with Crippen molar-refractivity contribution in [3.05, 3.63) is 29.1 Å². The van der Waals surface area contributed by atoms with Crippen LogP contribution in [0.5, 0.6) is 0 Å². The summed E-state index contributed by atoms with van der Waals surface area (Å²) in [6.07, 6.45) is -4.45. The molecule has 0 saturated carbocycles. The van der Waals surface area contributed by atoms with Crippen molar-refractivity contribution >= 4 is 12.1 Å². The van der Waals surface area contributed by atoms with Crippen molar-refractivity contribution in [2.75, 3.05) is 38.5 Å². The fraction of sp³-hybridized carbons (Fsp3) is 0.500. The summed E-state index contributed by atoms with van der Waals surface area (Å²) < 4.78 is 53.3. The molecule has 0 bridgehead atoms.